The van der Waals surface area contributed by atoms with E-state index in [0.717, 1.165) is 16.8 Å². The second kappa shape index (κ2) is 13.0. The Morgan fingerprint density at radius 3 is 2.29 bits per heavy atom. The van der Waals surface area contributed by atoms with E-state index in [9.17, 15) is 13.2 Å². The fraction of sp³-hybridized carbons (Fsp3) is 0.125. The average molecular weight is 567 g/mol. The summed E-state index contributed by atoms with van der Waals surface area (Å²) in [7, 11) is -3.86. The van der Waals surface area contributed by atoms with Crippen LogP contribution in [0.5, 0.6) is 0 Å². The van der Waals surface area contributed by atoms with E-state index in [-0.39, 0.29) is 16.7 Å². The maximum absolute atomic E-state index is 12.0. The number of amidine groups is 1. The Hall–Kier alpha value is -4.91. The van der Waals surface area contributed by atoms with Crippen molar-refractivity contribution in [1.29, 1.82) is 5.41 Å². The molecule has 4 rings (SSSR count). The van der Waals surface area contributed by atoms with Gasteiger partial charge in [0.15, 0.2) is 0 Å². The molecule has 8 nitrogen and oxygen atoms in total. The molecule has 0 aliphatic heterocycles. The van der Waals surface area contributed by atoms with Gasteiger partial charge in [-0.25, -0.2) is 18.4 Å². The minimum Gasteiger partial charge on any atom is -0.462 e. The van der Waals surface area contributed by atoms with Gasteiger partial charge in [-0.3, -0.25) is 5.41 Å². The molecule has 0 saturated carbocycles. The quantitative estimate of drug-likeness (QED) is 0.118. The van der Waals surface area contributed by atoms with Gasteiger partial charge in [-0.1, -0.05) is 66.4 Å². The highest BCUT2D eigenvalue weighted by Gasteiger charge is 2.14. The van der Waals surface area contributed by atoms with E-state index in [0.29, 0.717) is 42.0 Å². The summed E-state index contributed by atoms with van der Waals surface area (Å²) in [4.78, 5) is 14.1. The van der Waals surface area contributed by atoms with Crippen LogP contribution in [0.4, 0.5) is 5.69 Å². The van der Waals surface area contributed by atoms with E-state index < -0.39 is 10.0 Å². The third-order valence-electron chi connectivity index (χ3n) is 6.25. The zero-order valence-electron chi connectivity index (χ0n) is 22.5. The van der Waals surface area contributed by atoms with E-state index >= 15 is 0 Å². The Bertz CT molecular complexity index is 1720. The first-order chi connectivity index (χ1) is 19.7. The van der Waals surface area contributed by atoms with E-state index in [4.69, 9.17) is 21.0 Å². The van der Waals surface area contributed by atoms with Crippen LogP contribution < -0.4 is 15.8 Å². The largest absolute Gasteiger partial charge is 0.462 e. The van der Waals surface area contributed by atoms with Gasteiger partial charge in [0.2, 0.25) is 10.0 Å². The molecule has 0 aliphatic carbocycles. The number of esters is 1. The number of nitrogens with one attached hydrogen (secondary N) is 1. The van der Waals surface area contributed by atoms with Gasteiger partial charge in [0.25, 0.3) is 0 Å². The van der Waals surface area contributed by atoms with Gasteiger partial charge < -0.3 is 15.4 Å². The van der Waals surface area contributed by atoms with E-state index in [1.807, 2.05) is 54.6 Å². The number of ether oxygens (including phenoxy) is 1. The van der Waals surface area contributed by atoms with E-state index in [1.54, 1.807) is 43.3 Å². The number of carbonyl (C=O) groups excluding carboxylic acids is 1. The normalized spacial score (nSPS) is 10.8. The summed E-state index contributed by atoms with van der Waals surface area (Å²) in [5, 5.41) is 13.2. The van der Waals surface area contributed by atoms with E-state index in [1.165, 1.54) is 6.07 Å². The highest BCUT2D eigenvalue weighted by molar-refractivity contribution is 7.89. The number of benzene rings is 4. The highest BCUT2D eigenvalue weighted by atomic mass is 32.2. The molecule has 0 aliphatic rings. The predicted octanol–water partition coefficient (Wildman–Crippen LogP) is 4.52. The molecule has 0 radical (unpaired) electrons. The molecule has 4 aromatic carbocycles. The molecule has 0 heterocycles. The number of nitrogens with two attached hydrogens (primary N) is 2. The third-order valence-corrected chi connectivity index (χ3v) is 7.22. The van der Waals surface area contributed by atoms with Crippen molar-refractivity contribution in [2.45, 2.75) is 18.4 Å². The van der Waals surface area contributed by atoms with Crippen molar-refractivity contribution in [3.8, 4) is 23.0 Å². The Balaban J connectivity index is 1.56. The molecule has 9 heteroatoms. The Labute approximate surface area is 240 Å². The van der Waals surface area contributed by atoms with Crippen molar-refractivity contribution in [2.24, 2.45) is 10.9 Å². The zero-order valence-corrected chi connectivity index (χ0v) is 23.3. The standard InChI is InChI=1S/C32H30N4O4S/c1-2-40-32(37)26-18-14-24(15-19-26)22-36(28-9-5-8-27(21-28)31(33)34)20-6-7-23-12-16-25(17-13-23)29-10-3-4-11-30(29)41(35,38)39/h3-5,8-19,21H,2,20,22H2,1H3,(H3,33,34)(H2,35,38,39). The summed E-state index contributed by atoms with van der Waals surface area (Å²) in [6.45, 7) is 2.95. The van der Waals surface area contributed by atoms with Gasteiger partial charge in [0.1, 0.15) is 5.84 Å². The maximum atomic E-state index is 12.0. The predicted molar refractivity (Wildman–Crippen MR) is 161 cm³/mol. The lowest BCUT2D eigenvalue weighted by Gasteiger charge is -2.23. The molecule has 0 amide bonds. The molecule has 0 aromatic heterocycles. The number of anilines is 1. The SMILES string of the molecule is CCOC(=O)c1ccc(CN(CC#Cc2ccc(-c3ccccc3S(N)(=O)=O)cc2)c2cccc(C(=N)N)c2)cc1. The van der Waals surface area contributed by atoms with Crippen LogP contribution in [0.2, 0.25) is 0 Å². The van der Waals surface area contributed by atoms with Crippen molar-refractivity contribution in [2.75, 3.05) is 18.1 Å². The Morgan fingerprint density at radius 1 is 0.927 bits per heavy atom. The van der Waals surface area contributed by atoms with Crippen molar-refractivity contribution >= 4 is 27.5 Å². The molecule has 41 heavy (non-hydrogen) atoms. The van der Waals surface area contributed by atoms with E-state index in [2.05, 4.69) is 16.7 Å². The highest BCUT2D eigenvalue weighted by Crippen LogP contribution is 2.26. The maximum Gasteiger partial charge on any atom is 0.338 e. The number of nitrogens with zero attached hydrogens (tertiary/aromatic N) is 1. The second-order valence-electron chi connectivity index (χ2n) is 9.16. The second-order valence-corrected chi connectivity index (χ2v) is 10.7. The van der Waals surface area contributed by atoms with Crippen LogP contribution in [0.25, 0.3) is 11.1 Å². The van der Waals surface area contributed by atoms with Crippen LogP contribution >= 0.6 is 0 Å². The number of carbonyl (C=O) groups is 1. The van der Waals surface area contributed by atoms with Gasteiger partial charge >= 0.3 is 5.97 Å². The van der Waals surface area contributed by atoms with Gasteiger partial charge in [-0.05, 0) is 60.5 Å². The average Bonchev–Trinajstić information content (AvgIpc) is 2.97. The molecule has 0 bridgehead atoms. The number of sulfonamides is 1. The molecule has 208 valence electrons. The van der Waals surface area contributed by atoms with Crippen LogP contribution in [-0.4, -0.2) is 33.4 Å². The monoisotopic (exact) mass is 566 g/mol. The Morgan fingerprint density at radius 2 is 1.63 bits per heavy atom. The van der Waals surface area contributed by atoms with Gasteiger partial charge in [-0.2, -0.15) is 0 Å². The molecule has 0 atom stereocenters. The van der Waals surface area contributed by atoms with Crippen molar-refractivity contribution < 1.29 is 17.9 Å². The lowest BCUT2D eigenvalue weighted by molar-refractivity contribution is 0.0526. The zero-order chi connectivity index (χ0) is 29.4. The number of hydrogen-bond acceptors (Lipinski definition) is 6. The number of primary sulfonamides is 1. The topological polar surface area (TPSA) is 140 Å². The minimum atomic E-state index is -3.86. The smallest absolute Gasteiger partial charge is 0.338 e. The van der Waals surface area contributed by atoms with Crippen molar-refractivity contribution in [3.05, 3.63) is 119 Å². The molecule has 0 saturated heterocycles. The fourth-order valence-corrected chi connectivity index (χ4v) is 4.97. The lowest BCUT2D eigenvalue weighted by Crippen LogP contribution is -2.23. The number of rotatable bonds is 9. The first kappa shape index (κ1) is 29.1. The molecule has 5 N–H and O–H groups in total. The molecular formula is C32H30N4O4S. The van der Waals surface area contributed by atoms with Gasteiger partial charge in [-0.15, -0.1) is 0 Å². The lowest BCUT2D eigenvalue weighted by atomic mass is 10.0. The first-order valence-electron chi connectivity index (χ1n) is 12.8. The molecule has 0 spiro atoms. The van der Waals surface area contributed by atoms with Crippen LogP contribution in [0.3, 0.4) is 0 Å². The number of nitrogen functional groups attached to an aromatic ring is 1. The summed E-state index contributed by atoms with van der Waals surface area (Å²) in [6.07, 6.45) is 0. The molecule has 0 unspecified atom stereocenters. The summed E-state index contributed by atoms with van der Waals surface area (Å²) in [5.41, 5.74) is 10.6. The van der Waals surface area contributed by atoms with Crippen LogP contribution in [0, 0.1) is 17.3 Å². The fourth-order valence-electron chi connectivity index (χ4n) is 4.21. The first-order valence-corrected chi connectivity index (χ1v) is 14.4. The molecule has 0 fully saturated rings. The van der Waals surface area contributed by atoms with Crippen molar-refractivity contribution in [3.63, 3.8) is 0 Å². The van der Waals surface area contributed by atoms with Crippen LogP contribution in [0.1, 0.15) is 34.0 Å². The Kier molecular flexibility index (Phi) is 9.19. The molecular weight excluding hydrogens is 536 g/mol. The third kappa shape index (κ3) is 7.60. The van der Waals surface area contributed by atoms with Crippen LogP contribution in [-0.2, 0) is 21.3 Å². The summed E-state index contributed by atoms with van der Waals surface area (Å²) >= 11 is 0. The summed E-state index contributed by atoms with van der Waals surface area (Å²) in [5.74, 6) is 5.99. The van der Waals surface area contributed by atoms with Gasteiger partial charge in [0, 0.05) is 28.9 Å². The van der Waals surface area contributed by atoms with Gasteiger partial charge in [0.05, 0.1) is 23.6 Å². The van der Waals surface area contributed by atoms with Crippen LogP contribution in [0.15, 0.2) is 102 Å². The number of hydrogen-bond donors (Lipinski definition) is 3. The minimum absolute atomic E-state index is 0.0271. The molecule has 4 aromatic rings. The van der Waals surface area contributed by atoms with Crippen molar-refractivity contribution in [1.82, 2.24) is 0 Å². The summed E-state index contributed by atoms with van der Waals surface area (Å²) < 4.78 is 29.0. The summed E-state index contributed by atoms with van der Waals surface area (Å²) in [6, 6.07) is 28.5.